The Labute approximate surface area is 103 Å². The van der Waals surface area contributed by atoms with E-state index >= 15 is 0 Å². The molecule has 0 aliphatic carbocycles. The second kappa shape index (κ2) is 6.27. The third kappa shape index (κ3) is 3.76. The van der Waals surface area contributed by atoms with E-state index in [0.29, 0.717) is 11.7 Å². The largest absolute Gasteiger partial charge is 0.383 e. The number of anilines is 3. The van der Waals surface area contributed by atoms with E-state index < -0.39 is 0 Å². The van der Waals surface area contributed by atoms with Gasteiger partial charge in [-0.15, -0.1) is 0 Å². The summed E-state index contributed by atoms with van der Waals surface area (Å²) in [6.45, 7) is 8.41. The normalized spacial score (nSPS) is 10.8. The van der Waals surface area contributed by atoms with Gasteiger partial charge in [-0.05, 0) is 12.8 Å². The number of nitrogen functional groups attached to an aromatic ring is 2. The summed E-state index contributed by atoms with van der Waals surface area (Å²) in [4.78, 5) is 10.3. The Bertz CT molecular complexity index is 328. The molecule has 1 aromatic rings. The molecule has 17 heavy (non-hydrogen) atoms. The Morgan fingerprint density at radius 3 is 2.29 bits per heavy atom. The van der Waals surface area contributed by atoms with E-state index in [1.807, 2.05) is 0 Å². The first-order valence-corrected chi connectivity index (χ1v) is 6.25. The van der Waals surface area contributed by atoms with E-state index in [-0.39, 0.29) is 5.95 Å². The van der Waals surface area contributed by atoms with Gasteiger partial charge < -0.3 is 16.4 Å². The minimum absolute atomic E-state index is 0.239. The highest BCUT2D eigenvalue weighted by Crippen LogP contribution is 2.18. The van der Waals surface area contributed by atoms with E-state index in [9.17, 15) is 0 Å². The van der Waals surface area contributed by atoms with Crippen molar-refractivity contribution in [2.45, 2.75) is 33.6 Å². The molecule has 0 radical (unpaired) electrons. The minimum atomic E-state index is 0.239. The molecule has 96 valence electrons. The van der Waals surface area contributed by atoms with Crippen LogP contribution >= 0.6 is 0 Å². The second-order valence-electron chi connectivity index (χ2n) is 4.23. The lowest BCUT2D eigenvalue weighted by atomic mass is 10.0. The summed E-state index contributed by atoms with van der Waals surface area (Å²) in [5.74, 6) is 2.16. The molecule has 0 amide bonds. The highest BCUT2D eigenvalue weighted by molar-refractivity contribution is 5.50. The van der Waals surface area contributed by atoms with Gasteiger partial charge in [0.25, 0.3) is 0 Å². The fourth-order valence-electron chi connectivity index (χ4n) is 1.88. The molecule has 0 aliphatic heterocycles. The Balaban J connectivity index is 2.85. The number of nitrogens with zero attached hydrogens (tertiary/aromatic N) is 3. The minimum Gasteiger partial charge on any atom is -0.383 e. The number of hydrogen-bond donors (Lipinski definition) is 2. The number of nitrogens with two attached hydrogens (primary N) is 2. The Hall–Kier alpha value is -1.52. The zero-order valence-electron chi connectivity index (χ0n) is 11.0. The van der Waals surface area contributed by atoms with Crippen molar-refractivity contribution in [2.75, 3.05) is 29.5 Å². The van der Waals surface area contributed by atoms with Crippen LogP contribution in [0.15, 0.2) is 6.07 Å². The van der Waals surface area contributed by atoms with Crippen molar-refractivity contribution in [3.8, 4) is 0 Å². The lowest BCUT2D eigenvalue weighted by molar-refractivity contribution is 0.484. The van der Waals surface area contributed by atoms with Gasteiger partial charge in [-0.2, -0.15) is 9.97 Å². The predicted octanol–water partition coefficient (Wildman–Crippen LogP) is 1.90. The molecule has 4 N–H and O–H groups in total. The molecular formula is C12H23N5. The molecule has 5 nitrogen and oxygen atoms in total. The molecule has 0 spiro atoms. The highest BCUT2D eigenvalue weighted by Gasteiger charge is 2.13. The summed E-state index contributed by atoms with van der Waals surface area (Å²) < 4.78 is 0. The summed E-state index contributed by atoms with van der Waals surface area (Å²) in [6.07, 6.45) is 2.34. The number of rotatable bonds is 6. The first-order chi connectivity index (χ1) is 8.10. The summed E-state index contributed by atoms with van der Waals surface area (Å²) in [7, 11) is 0. The topological polar surface area (TPSA) is 81.1 Å². The molecule has 0 saturated heterocycles. The molecule has 0 aliphatic rings. The third-order valence-corrected chi connectivity index (χ3v) is 3.09. The maximum absolute atomic E-state index is 5.69. The zero-order chi connectivity index (χ0) is 12.8. The maximum atomic E-state index is 5.69. The lowest BCUT2D eigenvalue weighted by Crippen LogP contribution is -2.30. The molecule has 0 aromatic carbocycles. The standard InChI is InChI=1S/C12H23N5/c1-4-9(5-2)8-17(6-3)11-7-10(13)15-12(14)16-11/h7,9H,4-6,8H2,1-3H3,(H4,13,14,15,16). The molecule has 0 unspecified atom stereocenters. The smallest absolute Gasteiger partial charge is 0.223 e. The summed E-state index contributed by atoms with van der Waals surface area (Å²) in [5, 5.41) is 0. The SMILES string of the molecule is CCC(CC)CN(CC)c1cc(N)nc(N)n1. The van der Waals surface area contributed by atoms with Crippen LogP contribution in [0, 0.1) is 5.92 Å². The molecule has 1 aromatic heterocycles. The van der Waals surface area contributed by atoms with Crippen molar-refractivity contribution >= 4 is 17.6 Å². The van der Waals surface area contributed by atoms with Gasteiger partial charge in [-0.3, -0.25) is 0 Å². The van der Waals surface area contributed by atoms with E-state index in [0.717, 1.165) is 18.9 Å². The molecule has 0 fully saturated rings. The molecule has 1 rings (SSSR count). The van der Waals surface area contributed by atoms with Crippen molar-refractivity contribution in [3.63, 3.8) is 0 Å². The van der Waals surface area contributed by atoms with Gasteiger partial charge in [-0.1, -0.05) is 26.7 Å². The maximum Gasteiger partial charge on any atom is 0.223 e. The summed E-state index contributed by atoms with van der Waals surface area (Å²) in [6, 6.07) is 1.78. The average Bonchev–Trinajstić information content (AvgIpc) is 2.29. The van der Waals surface area contributed by atoms with Crippen LogP contribution in [0.3, 0.4) is 0 Å². The van der Waals surface area contributed by atoms with Gasteiger partial charge >= 0.3 is 0 Å². The van der Waals surface area contributed by atoms with Crippen LogP contribution in [0.4, 0.5) is 17.6 Å². The predicted molar refractivity (Wildman–Crippen MR) is 72.8 cm³/mol. The van der Waals surface area contributed by atoms with Crippen LogP contribution in [0.1, 0.15) is 33.6 Å². The number of hydrogen-bond acceptors (Lipinski definition) is 5. The van der Waals surface area contributed by atoms with Crippen LogP contribution in [0.2, 0.25) is 0 Å². The van der Waals surface area contributed by atoms with Crippen molar-refractivity contribution in [1.29, 1.82) is 0 Å². The quantitative estimate of drug-likeness (QED) is 0.789. The molecule has 5 heteroatoms. The number of aromatic nitrogens is 2. The van der Waals surface area contributed by atoms with Gasteiger partial charge in [-0.25, -0.2) is 0 Å². The van der Waals surface area contributed by atoms with E-state index in [1.54, 1.807) is 6.07 Å². The molecule has 0 saturated carbocycles. The van der Waals surface area contributed by atoms with Crippen LogP contribution in [-0.4, -0.2) is 23.1 Å². The Morgan fingerprint density at radius 2 is 1.82 bits per heavy atom. The monoisotopic (exact) mass is 237 g/mol. The van der Waals surface area contributed by atoms with Gasteiger partial charge in [0.1, 0.15) is 11.6 Å². The lowest BCUT2D eigenvalue weighted by Gasteiger charge is -2.26. The Kier molecular flexibility index (Phi) is 5.00. The highest BCUT2D eigenvalue weighted by atomic mass is 15.2. The van der Waals surface area contributed by atoms with Crippen molar-refractivity contribution in [3.05, 3.63) is 6.07 Å². The van der Waals surface area contributed by atoms with Crippen molar-refractivity contribution in [2.24, 2.45) is 5.92 Å². The van der Waals surface area contributed by atoms with Crippen LogP contribution < -0.4 is 16.4 Å². The van der Waals surface area contributed by atoms with E-state index in [4.69, 9.17) is 11.5 Å². The van der Waals surface area contributed by atoms with E-state index in [1.165, 1.54) is 12.8 Å². The average molecular weight is 237 g/mol. The summed E-state index contributed by atoms with van der Waals surface area (Å²) >= 11 is 0. The first kappa shape index (κ1) is 13.5. The molecular weight excluding hydrogens is 214 g/mol. The molecule has 0 bridgehead atoms. The van der Waals surface area contributed by atoms with Crippen molar-refractivity contribution in [1.82, 2.24) is 9.97 Å². The van der Waals surface area contributed by atoms with E-state index in [2.05, 4.69) is 35.6 Å². The zero-order valence-corrected chi connectivity index (χ0v) is 11.0. The third-order valence-electron chi connectivity index (χ3n) is 3.09. The second-order valence-corrected chi connectivity index (χ2v) is 4.23. The fourth-order valence-corrected chi connectivity index (χ4v) is 1.88. The van der Waals surface area contributed by atoms with Gasteiger partial charge in [0, 0.05) is 19.2 Å². The first-order valence-electron chi connectivity index (χ1n) is 6.25. The van der Waals surface area contributed by atoms with Gasteiger partial charge in [0.2, 0.25) is 5.95 Å². The van der Waals surface area contributed by atoms with Gasteiger partial charge in [0.05, 0.1) is 0 Å². The fraction of sp³-hybridized carbons (Fsp3) is 0.667. The van der Waals surface area contributed by atoms with Crippen LogP contribution in [0.5, 0.6) is 0 Å². The van der Waals surface area contributed by atoms with Crippen LogP contribution in [0.25, 0.3) is 0 Å². The Morgan fingerprint density at radius 1 is 1.18 bits per heavy atom. The molecule has 1 heterocycles. The molecule has 0 atom stereocenters. The van der Waals surface area contributed by atoms with Gasteiger partial charge in [0.15, 0.2) is 0 Å². The van der Waals surface area contributed by atoms with Crippen LogP contribution in [-0.2, 0) is 0 Å². The van der Waals surface area contributed by atoms with Crippen molar-refractivity contribution < 1.29 is 0 Å². The summed E-state index contributed by atoms with van der Waals surface area (Å²) in [5.41, 5.74) is 11.3.